The Morgan fingerprint density at radius 2 is 1.86 bits per heavy atom. The van der Waals surface area contributed by atoms with Crippen molar-refractivity contribution in [3.8, 4) is 11.5 Å². The lowest BCUT2D eigenvalue weighted by molar-refractivity contribution is -0.117. The number of fused-ring (bicyclic) bond motifs is 2. The number of amides is 1. The van der Waals surface area contributed by atoms with E-state index >= 15 is 0 Å². The zero-order valence-electron chi connectivity index (χ0n) is 19.7. The maximum atomic E-state index is 13.7. The number of rotatable bonds is 6. The molecule has 0 aliphatic carbocycles. The van der Waals surface area contributed by atoms with Crippen LogP contribution in [0.25, 0.3) is 11.7 Å². The van der Waals surface area contributed by atoms with Gasteiger partial charge in [0.1, 0.15) is 13.2 Å². The molecule has 0 radical (unpaired) electrons. The third kappa shape index (κ3) is 4.68. The zero-order chi connectivity index (χ0) is 24.4. The van der Waals surface area contributed by atoms with Crippen molar-refractivity contribution < 1.29 is 14.3 Å². The van der Waals surface area contributed by atoms with Gasteiger partial charge in [0.15, 0.2) is 17.1 Å². The van der Waals surface area contributed by atoms with Gasteiger partial charge in [0.25, 0.3) is 5.56 Å². The molecule has 2 aromatic carbocycles. The number of H-pyrrole nitrogens is 1. The van der Waals surface area contributed by atoms with Crippen LogP contribution in [0.2, 0.25) is 0 Å². The van der Waals surface area contributed by atoms with E-state index in [9.17, 15) is 9.59 Å². The molecule has 0 saturated heterocycles. The molecular weight excluding hydrogens is 444 g/mol. The molecule has 1 amide bonds. The van der Waals surface area contributed by atoms with Crippen molar-refractivity contribution in [3.05, 3.63) is 93.5 Å². The number of aromatic amines is 1. The van der Waals surface area contributed by atoms with E-state index in [2.05, 4.69) is 10.1 Å². The Labute approximate surface area is 202 Å². The van der Waals surface area contributed by atoms with Crippen LogP contribution >= 0.6 is 0 Å². The lowest BCUT2D eigenvalue weighted by Gasteiger charge is -2.25. The lowest BCUT2D eigenvalue weighted by Crippen LogP contribution is -2.33. The Hall–Kier alpha value is -4.33. The molecule has 0 saturated carbocycles. The largest absolute Gasteiger partial charge is 0.486 e. The second-order valence-corrected chi connectivity index (χ2v) is 8.40. The first-order valence-corrected chi connectivity index (χ1v) is 11.5. The number of aryl methyl sites for hydroxylation is 2. The first-order valence-electron chi connectivity index (χ1n) is 11.5. The Morgan fingerprint density at radius 1 is 1.09 bits per heavy atom. The van der Waals surface area contributed by atoms with Crippen molar-refractivity contribution in [2.75, 3.05) is 24.7 Å². The van der Waals surface area contributed by atoms with Gasteiger partial charge < -0.3 is 14.4 Å². The molecule has 4 aromatic rings. The Bertz CT molecular complexity index is 1470. The van der Waals surface area contributed by atoms with E-state index in [1.165, 1.54) is 6.07 Å². The molecule has 1 aliphatic heterocycles. The minimum atomic E-state index is -0.229. The van der Waals surface area contributed by atoms with Gasteiger partial charge in [0.2, 0.25) is 5.91 Å². The number of hydrogen-bond acceptors (Lipinski definition) is 5. The molecule has 8 heteroatoms. The zero-order valence-corrected chi connectivity index (χ0v) is 19.7. The molecule has 1 aliphatic rings. The highest BCUT2D eigenvalue weighted by atomic mass is 16.6. The van der Waals surface area contributed by atoms with E-state index < -0.39 is 0 Å². The summed E-state index contributed by atoms with van der Waals surface area (Å²) >= 11 is 0. The first kappa shape index (κ1) is 22.5. The van der Waals surface area contributed by atoms with Gasteiger partial charge >= 0.3 is 0 Å². The third-order valence-electron chi connectivity index (χ3n) is 6.07. The summed E-state index contributed by atoms with van der Waals surface area (Å²) in [5.74, 6) is 1.20. The van der Waals surface area contributed by atoms with Crippen LogP contribution in [0.15, 0.2) is 65.5 Å². The summed E-state index contributed by atoms with van der Waals surface area (Å²) in [5.41, 5.74) is 4.37. The lowest BCUT2D eigenvalue weighted by atomic mass is 10.1. The van der Waals surface area contributed by atoms with Gasteiger partial charge in [-0.1, -0.05) is 42.5 Å². The fraction of sp³-hybridized carbons (Fsp3) is 0.222. The number of carbonyl (C=O) groups is 1. The summed E-state index contributed by atoms with van der Waals surface area (Å²) in [6.07, 6.45) is 4.09. The van der Waals surface area contributed by atoms with Crippen molar-refractivity contribution in [3.63, 3.8) is 0 Å². The summed E-state index contributed by atoms with van der Waals surface area (Å²) in [7, 11) is 0. The molecule has 8 nitrogen and oxygen atoms in total. The monoisotopic (exact) mass is 470 g/mol. The predicted molar refractivity (Wildman–Crippen MR) is 134 cm³/mol. The van der Waals surface area contributed by atoms with E-state index in [1.807, 2.05) is 74.5 Å². The minimum absolute atomic E-state index is 0.0961. The van der Waals surface area contributed by atoms with Crippen molar-refractivity contribution in [2.45, 2.75) is 20.3 Å². The third-order valence-corrected chi connectivity index (χ3v) is 6.07. The van der Waals surface area contributed by atoms with Crippen molar-refractivity contribution in [1.82, 2.24) is 14.6 Å². The average molecular weight is 471 g/mol. The molecule has 0 unspecified atom stereocenters. The summed E-state index contributed by atoms with van der Waals surface area (Å²) in [6.45, 7) is 5.09. The average Bonchev–Trinajstić information content (AvgIpc) is 3.24. The van der Waals surface area contributed by atoms with Crippen molar-refractivity contribution in [2.24, 2.45) is 0 Å². The predicted octanol–water partition coefficient (Wildman–Crippen LogP) is 3.70. The van der Waals surface area contributed by atoms with Crippen LogP contribution in [-0.2, 0) is 11.2 Å². The Morgan fingerprint density at radius 3 is 2.66 bits per heavy atom. The van der Waals surface area contributed by atoms with Crippen LogP contribution in [0.4, 0.5) is 5.69 Å². The van der Waals surface area contributed by atoms with E-state index in [4.69, 9.17) is 9.47 Å². The summed E-state index contributed by atoms with van der Waals surface area (Å²) in [6, 6.07) is 16.9. The second kappa shape index (κ2) is 9.50. The van der Waals surface area contributed by atoms with Gasteiger partial charge in [-0.25, -0.2) is 9.50 Å². The Kier molecular flexibility index (Phi) is 6.10. The van der Waals surface area contributed by atoms with E-state index in [0.29, 0.717) is 36.9 Å². The summed E-state index contributed by atoms with van der Waals surface area (Å²) in [5, 5.41) is 2.75. The topological polar surface area (TPSA) is 88.9 Å². The number of nitrogens with zero attached hydrogens (tertiary/aromatic N) is 3. The molecule has 0 fully saturated rings. The highest BCUT2D eigenvalue weighted by Crippen LogP contribution is 2.34. The highest BCUT2D eigenvalue weighted by molar-refractivity contribution is 5.95. The fourth-order valence-corrected chi connectivity index (χ4v) is 4.27. The molecular formula is C27H26N4O4. The van der Waals surface area contributed by atoms with Gasteiger partial charge in [-0.2, -0.15) is 0 Å². The van der Waals surface area contributed by atoms with E-state index in [-0.39, 0.29) is 17.9 Å². The van der Waals surface area contributed by atoms with Crippen LogP contribution in [0.1, 0.15) is 22.5 Å². The SMILES string of the molecule is Cc1nc2cc(=O)[nH]n2c(C)c1CC(=O)N(C/C=C/c1ccccc1)c1ccc2c(c1)OCCO2. The van der Waals surface area contributed by atoms with Crippen LogP contribution in [0.5, 0.6) is 11.5 Å². The van der Waals surface area contributed by atoms with Crippen molar-refractivity contribution >= 4 is 23.3 Å². The van der Waals surface area contributed by atoms with Crippen LogP contribution in [0.3, 0.4) is 0 Å². The molecule has 0 spiro atoms. The molecule has 3 heterocycles. The Balaban J connectivity index is 1.47. The van der Waals surface area contributed by atoms with Crippen LogP contribution < -0.4 is 19.9 Å². The quantitative estimate of drug-likeness (QED) is 0.464. The van der Waals surface area contributed by atoms with Crippen LogP contribution in [-0.4, -0.2) is 40.3 Å². The fourth-order valence-electron chi connectivity index (χ4n) is 4.27. The van der Waals surface area contributed by atoms with Gasteiger partial charge in [-0.15, -0.1) is 0 Å². The maximum absolute atomic E-state index is 13.7. The second-order valence-electron chi connectivity index (χ2n) is 8.40. The maximum Gasteiger partial charge on any atom is 0.266 e. The normalized spacial score (nSPS) is 12.9. The number of carbonyl (C=O) groups excluding carboxylic acids is 1. The van der Waals surface area contributed by atoms with E-state index in [0.717, 1.165) is 28.2 Å². The van der Waals surface area contributed by atoms with Crippen molar-refractivity contribution in [1.29, 1.82) is 0 Å². The van der Waals surface area contributed by atoms with Gasteiger partial charge in [-0.3, -0.25) is 14.7 Å². The number of ether oxygens (including phenoxy) is 2. The number of benzene rings is 2. The highest BCUT2D eigenvalue weighted by Gasteiger charge is 2.22. The van der Waals surface area contributed by atoms with Crippen LogP contribution in [0, 0.1) is 13.8 Å². The molecule has 0 bridgehead atoms. The minimum Gasteiger partial charge on any atom is -0.486 e. The molecule has 35 heavy (non-hydrogen) atoms. The van der Waals surface area contributed by atoms with E-state index in [1.54, 1.807) is 9.42 Å². The number of aromatic nitrogens is 3. The summed E-state index contributed by atoms with van der Waals surface area (Å²) < 4.78 is 13.0. The smallest absolute Gasteiger partial charge is 0.266 e. The number of anilines is 1. The number of nitrogens with one attached hydrogen (secondary N) is 1. The molecule has 5 rings (SSSR count). The van der Waals surface area contributed by atoms with Gasteiger partial charge in [-0.05, 0) is 31.5 Å². The first-order chi connectivity index (χ1) is 17.0. The molecule has 0 atom stereocenters. The number of hydrogen-bond donors (Lipinski definition) is 1. The van der Waals surface area contributed by atoms with Gasteiger partial charge in [0, 0.05) is 41.3 Å². The standard InChI is InChI=1S/C27H26N4O4/c1-18-22(19(2)31-25(28-18)17-26(32)29-31)16-27(33)30(12-6-9-20-7-4-3-5-8-20)21-10-11-23-24(15-21)35-14-13-34-23/h3-11,15,17H,12-14,16H2,1-2H3,(H,29,32)/b9-6+. The molecule has 1 N–H and O–H groups in total. The molecule has 178 valence electrons. The van der Waals surface area contributed by atoms with Gasteiger partial charge in [0.05, 0.1) is 6.42 Å². The molecule has 2 aromatic heterocycles. The summed E-state index contributed by atoms with van der Waals surface area (Å²) in [4.78, 5) is 31.7.